The minimum atomic E-state index is 0.336. The van der Waals surface area contributed by atoms with Crippen LogP contribution in [0.25, 0.3) is 0 Å². The fourth-order valence-corrected chi connectivity index (χ4v) is 2.54. The van der Waals surface area contributed by atoms with E-state index in [0.717, 1.165) is 6.54 Å². The van der Waals surface area contributed by atoms with Gasteiger partial charge in [-0.3, -0.25) is 4.79 Å². The number of hydrogen-bond donors (Lipinski definition) is 1. The average molecular weight is 182 g/mol. The molecule has 1 aliphatic heterocycles. The summed E-state index contributed by atoms with van der Waals surface area (Å²) in [5.74, 6) is 0.760. The molecule has 2 aliphatic rings. The van der Waals surface area contributed by atoms with Crippen molar-refractivity contribution in [2.24, 2.45) is 11.7 Å². The Kier molecular flexibility index (Phi) is 2.54. The summed E-state index contributed by atoms with van der Waals surface area (Å²) in [7, 11) is 0. The topological polar surface area (TPSA) is 46.3 Å². The number of carbonyl (C=O) groups excluding carboxylic acids is 1. The van der Waals surface area contributed by atoms with Crippen LogP contribution in [0.1, 0.15) is 32.1 Å². The third-order valence-electron chi connectivity index (χ3n) is 3.34. The van der Waals surface area contributed by atoms with Gasteiger partial charge in [0.15, 0.2) is 0 Å². The molecule has 0 bridgehead atoms. The molecular formula is C10H18N2O. The highest BCUT2D eigenvalue weighted by atomic mass is 16.2. The molecule has 1 amide bonds. The Bertz CT molecular complexity index is 199. The standard InChI is InChI=1S/C10H18N2O/c11-6-8-5-10(13)12(7-8)9-3-1-2-4-9/h8-9H,1-7,11H2/t8-/m0/s1. The SMILES string of the molecule is NC[C@@H]1CC(=O)N(C2CCCC2)C1. The van der Waals surface area contributed by atoms with Gasteiger partial charge in [0.25, 0.3) is 0 Å². The van der Waals surface area contributed by atoms with Crippen LogP contribution in [0.15, 0.2) is 0 Å². The van der Waals surface area contributed by atoms with Crippen molar-refractivity contribution in [3.63, 3.8) is 0 Å². The molecule has 0 aromatic carbocycles. The summed E-state index contributed by atoms with van der Waals surface area (Å²) in [5, 5.41) is 0. The summed E-state index contributed by atoms with van der Waals surface area (Å²) >= 11 is 0. The molecule has 0 aromatic heterocycles. The fourth-order valence-electron chi connectivity index (χ4n) is 2.54. The second kappa shape index (κ2) is 3.66. The van der Waals surface area contributed by atoms with Crippen molar-refractivity contribution in [2.45, 2.75) is 38.1 Å². The van der Waals surface area contributed by atoms with Gasteiger partial charge < -0.3 is 10.6 Å². The van der Waals surface area contributed by atoms with Crippen molar-refractivity contribution in [1.82, 2.24) is 4.90 Å². The molecule has 3 heteroatoms. The van der Waals surface area contributed by atoms with Gasteiger partial charge >= 0.3 is 0 Å². The summed E-state index contributed by atoms with van der Waals surface area (Å²) < 4.78 is 0. The zero-order valence-corrected chi connectivity index (χ0v) is 8.04. The van der Waals surface area contributed by atoms with Gasteiger partial charge in [-0.05, 0) is 25.3 Å². The lowest BCUT2D eigenvalue weighted by atomic mass is 10.1. The molecule has 1 atom stereocenters. The smallest absolute Gasteiger partial charge is 0.223 e. The summed E-state index contributed by atoms with van der Waals surface area (Å²) in [6.07, 6.45) is 5.70. The number of likely N-dealkylation sites (tertiary alicyclic amines) is 1. The van der Waals surface area contributed by atoms with Gasteiger partial charge in [-0.2, -0.15) is 0 Å². The first-order valence-corrected chi connectivity index (χ1v) is 5.31. The van der Waals surface area contributed by atoms with E-state index in [1.54, 1.807) is 0 Å². The minimum absolute atomic E-state index is 0.336. The summed E-state index contributed by atoms with van der Waals surface area (Å²) in [6.45, 7) is 1.58. The number of amides is 1. The van der Waals surface area contributed by atoms with Crippen molar-refractivity contribution in [3.05, 3.63) is 0 Å². The maximum absolute atomic E-state index is 11.6. The number of rotatable bonds is 2. The van der Waals surface area contributed by atoms with Gasteiger partial charge in [0, 0.05) is 19.0 Å². The average Bonchev–Trinajstić information content (AvgIpc) is 2.72. The number of nitrogens with zero attached hydrogens (tertiary/aromatic N) is 1. The predicted molar refractivity (Wildman–Crippen MR) is 51.1 cm³/mol. The zero-order chi connectivity index (χ0) is 9.26. The van der Waals surface area contributed by atoms with E-state index in [0.29, 0.717) is 30.8 Å². The maximum atomic E-state index is 11.6. The molecule has 74 valence electrons. The van der Waals surface area contributed by atoms with Gasteiger partial charge in [-0.15, -0.1) is 0 Å². The second-order valence-corrected chi connectivity index (χ2v) is 4.29. The van der Waals surface area contributed by atoms with Gasteiger partial charge in [-0.1, -0.05) is 12.8 Å². The van der Waals surface area contributed by atoms with Gasteiger partial charge in [-0.25, -0.2) is 0 Å². The molecule has 13 heavy (non-hydrogen) atoms. The normalized spacial score (nSPS) is 30.4. The molecule has 1 saturated heterocycles. The summed E-state index contributed by atoms with van der Waals surface area (Å²) in [4.78, 5) is 13.7. The van der Waals surface area contributed by atoms with E-state index in [9.17, 15) is 4.79 Å². The van der Waals surface area contributed by atoms with Crippen LogP contribution in [-0.4, -0.2) is 29.9 Å². The van der Waals surface area contributed by atoms with Gasteiger partial charge in [0.05, 0.1) is 0 Å². The lowest BCUT2D eigenvalue weighted by Crippen LogP contribution is -2.34. The second-order valence-electron chi connectivity index (χ2n) is 4.29. The van der Waals surface area contributed by atoms with Gasteiger partial charge in [0.2, 0.25) is 5.91 Å². The number of nitrogens with two attached hydrogens (primary N) is 1. The van der Waals surface area contributed by atoms with E-state index in [4.69, 9.17) is 5.73 Å². The molecular weight excluding hydrogens is 164 g/mol. The van der Waals surface area contributed by atoms with Crippen molar-refractivity contribution in [2.75, 3.05) is 13.1 Å². The van der Waals surface area contributed by atoms with Crippen molar-refractivity contribution in [3.8, 4) is 0 Å². The Balaban J connectivity index is 1.95. The van der Waals surface area contributed by atoms with Crippen LogP contribution in [0.3, 0.4) is 0 Å². The maximum Gasteiger partial charge on any atom is 0.223 e. The minimum Gasteiger partial charge on any atom is -0.339 e. The lowest BCUT2D eigenvalue weighted by molar-refractivity contribution is -0.129. The van der Waals surface area contributed by atoms with Crippen LogP contribution in [0.5, 0.6) is 0 Å². The first-order valence-electron chi connectivity index (χ1n) is 5.31. The van der Waals surface area contributed by atoms with E-state index in [2.05, 4.69) is 4.90 Å². The Morgan fingerprint density at radius 1 is 1.38 bits per heavy atom. The molecule has 0 radical (unpaired) electrons. The molecule has 2 fully saturated rings. The highest BCUT2D eigenvalue weighted by Crippen LogP contribution is 2.28. The van der Waals surface area contributed by atoms with Crippen molar-refractivity contribution in [1.29, 1.82) is 0 Å². The first-order chi connectivity index (χ1) is 6.31. The molecule has 0 unspecified atom stereocenters. The quantitative estimate of drug-likeness (QED) is 0.684. The van der Waals surface area contributed by atoms with Crippen LogP contribution in [0, 0.1) is 5.92 Å². The molecule has 2 rings (SSSR count). The largest absolute Gasteiger partial charge is 0.339 e. The van der Waals surface area contributed by atoms with Gasteiger partial charge in [0.1, 0.15) is 0 Å². The van der Waals surface area contributed by atoms with E-state index in [1.165, 1.54) is 25.7 Å². The first kappa shape index (κ1) is 9.00. The van der Waals surface area contributed by atoms with Crippen LogP contribution in [0.2, 0.25) is 0 Å². The van der Waals surface area contributed by atoms with E-state index in [1.807, 2.05) is 0 Å². The summed E-state index contributed by atoms with van der Waals surface area (Å²) in [5.41, 5.74) is 5.58. The van der Waals surface area contributed by atoms with E-state index in [-0.39, 0.29) is 0 Å². The molecule has 2 N–H and O–H groups in total. The highest BCUT2D eigenvalue weighted by Gasteiger charge is 2.34. The van der Waals surface area contributed by atoms with E-state index < -0.39 is 0 Å². The fraction of sp³-hybridized carbons (Fsp3) is 0.900. The molecule has 1 saturated carbocycles. The molecule has 3 nitrogen and oxygen atoms in total. The highest BCUT2D eigenvalue weighted by molar-refractivity contribution is 5.79. The summed E-state index contributed by atoms with van der Waals surface area (Å²) in [6, 6.07) is 0.545. The van der Waals surface area contributed by atoms with Crippen molar-refractivity contribution >= 4 is 5.91 Å². The van der Waals surface area contributed by atoms with Crippen LogP contribution in [-0.2, 0) is 4.79 Å². The van der Waals surface area contributed by atoms with Crippen LogP contribution in [0.4, 0.5) is 0 Å². The lowest BCUT2D eigenvalue weighted by Gasteiger charge is -2.23. The zero-order valence-electron chi connectivity index (χ0n) is 8.04. The molecule has 1 aliphatic carbocycles. The number of carbonyl (C=O) groups is 1. The third kappa shape index (κ3) is 1.70. The Hall–Kier alpha value is -0.570. The Morgan fingerprint density at radius 2 is 2.08 bits per heavy atom. The monoisotopic (exact) mass is 182 g/mol. The molecule has 1 heterocycles. The molecule has 0 spiro atoms. The Labute approximate surface area is 79.3 Å². The predicted octanol–water partition coefficient (Wildman–Crippen LogP) is 0.736. The number of hydrogen-bond acceptors (Lipinski definition) is 2. The third-order valence-corrected chi connectivity index (χ3v) is 3.34. The van der Waals surface area contributed by atoms with Crippen LogP contribution < -0.4 is 5.73 Å². The Morgan fingerprint density at radius 3 is 2.62 bits per heavy atom. The van der Waals surface area contributed by atoms with E-state index >= 15 is 0 Å². The van der Waals surface area contributed by atoms with Crippen molar-refractivity contribution < 1.29 is 4.79 Å². The molecule has 0 aromatic rings. The van der Waals surface area contributed by atoms with Crippen LogP contribution >= 0.6 is 0 Å².